The number of rotatable bonds is 2. The third kappa shape index (κ3) is 1.96. The summed E-state index contributed by atoms with van der Waals surface area (Å²) in [7, 11) is 4.24. The number of nitrogens with zero attached hydrogens (tertiary/aromatic N) is 1. The molecule has 82 valence electrons. The maximum absolute atomic E-state index is 3.64. The van der Waals surface area contributed by atoms with Crippen LogP contribution in [0.4, 0.5) is 0 Å². The van der Waals surface area contributed by atoms with E-state index in [-0.39, 0.29) is 0 Å². The van der Waals surface area contributed by atoms with E-state index in [0.29, 0.717) is 5.41 Å². The van der Waals surface area contributed by atoms with Crippen molar-refractivity contribution >= 4 is 0 Å². The van der Waals surface area contributed by atoms with E-state index in [2.05, 4.69) is 24.5 Å². The molecule has 0 bridgehead atoms. The van der Waals surface area contributed by atoms with Crippen LogP contribution in [0, 0.1) is 5.41 Å². The Morgan fingerprint density at radius 3 is 2.29 bits per heavy atom. The molecule has 14 heavy (non-hydrogen) atoms. The fourth-order valence-corrected chi connectivity index (χ4v) is 3.51. The van der Waals surface area contributed by atoms with Gasteiger partial charge in [0.15, 0.2) is 0 Å². The Bertz CT molecular complexity index is 183. The largest absolute Gasteiger partial charge is 0.252 e. The van der Waals surface area contributed by atoms with Crippen molar-refractivity contribution in [2.45, 2.75) is 57.4 Å². The minimum Gasteiger partial charge on any atom is -0.252 e. The summed E-state index contributed by atoms with van der Waals surface area (Å²) in [6.45, 7) is 0. The molecule has 2 aliphatic rings. The van der Waals surface area contributed by atoms with E-state index in [4.69, 9.17) is 0 Å². The van der Waals surface area contributed by atoms with Gasteiger partial charge in [0.1, 0.15) is 0 Å². The molecule has 2 rings (SSSR count). The molecular formula is C12H24N2. The van der Waals surface area contributed by atoms with Gasteiger partial charge < -0.3 is 0 Å². The summed E-state index contributed by atoms with van der Waals surface area (Å²) in [5.41, 5.74) is 4.30. The first-order valence-electron chi connectivity index (χ1n) is 6.16. The first-order valence-corrected chi connectivity index (χ1v) is 6.16. The molecular weight excluding hydrogens is 172 g/mol. The van der Waals surface area contributed by atoms with E-state index in [1.807, 2.05) is 0 Å². The van der Waals surface area contributed by atoms with Gasteiger partial charge in [-0.3, -0.25) is 10.4 Å². The summed E-state index contributed by atoms with van der Waals surface area (Å²) in [5.74, 6) is 0. The highest BCUT2D eigenvalue weighted by molar-refractivity contribution is 4.97. The molecule has 0 aromatic heterocycles. The molecule has 0 saturated heterocycles. The van der Waals surface area contributed by atoms with Crippen LogP contribution in [0.25, 0.3) is 0 Å². The zero-order valence-corrected chi connectivity index (χ0v) is 9.68. The molecule has 2 heteroatoms. The average Bonchev–Trinajstić information content (AvgIpc) is 2.50. The first-order chi connectivity index (χ1) is 6.73. The molecule has 2 saturated carbocycles. The van der Waals surface area contributed by atoms with Crippen LogP contribution in [0.5, 0.6) is 0 Å². The topological polar surface area (TPSA) is 15.3 Å². The van der Waals surface area contributed by atoms with Crippen molar-refractivity contribution in [2.75, 3.05) is 14.1 Å². The van der Waals surface area contributed by atoms with E-state index in [0.717, 1.165) is 6.04 Å². The molecule has 2 nitrogen and oxygen atoms in total. The Hall–Kier alpha value is -0.0800. The van der Waals surface area contributed by atoms with Crippen molar-refractivity contribution in [1.82, 2.24) is 10.4 Å². The normalized spacial score (nSPS) is 31.5. The molecule has 1 unspecified atom stereocenters. The van der Waals surface area contributed by atoms with Gasteiger partial charge >= 0.3 is 0 Å². The van der Waals surface area contributed by atoms with Gasteiger partial charge in [0.2, 0.25) is 0 Å². The van der Waals surface area contributed by atoms with Gasteiger partial charge in [-0.1, -0.05) is 25.7 Å². The standard InChI is InChI=1S/C12H24N2/c1-14(2)13-11-7-6-10-12(11)8-4-3-5-9-12/h11,13H,3-10H2,1-2H3. The van der Waals surface area contributed by atoms with Crippen molar-refractivity contribution in [2.24, 2.45) is 5.41 Å². The van der Waals surface area contributed by atoms with Crippen molar-refractivity contribution in [3.63, 3.8) is 0 Å². The Morgan fingerprint density at radius 1 is 1.00 bits per heavy atom. The second-order valence-corrected chi connectivity index (χ2v) is 5.39. The SMILES string of the molecule is CN(C)NC1CCCC12CCCCC2. The van der Waals surface area contributed by atoms with E-state index in [1.54, 1.807) is 0 Å². The third-order valence-corrected chi connectivity index (χ3v) is 4.17. The fourth-order valence-electron chi connectivity index (χ4n) is 3.51. The van der Waals surface area contributed by atoms with E-state index in [9.17, 15) is 0 Å². The monoisotopic (exact) mass is 196 g/mol. The molecule has 1 atom stereocenters. The zero-order chi connectivity index (χ0) is 10.0. The summed E-state index contributed by atoms with van der Waals surface area (Å²) >= 11 is 0. The maximum atomic E-state index is 3.64. The smallest absolute Gasteiger partial charge is 0.0271 e. The average molecular weight is 196 g/mol. The third-order valence-electron chi connectivity index (χ3n) is 4.17. The predicted octanol–water partition coefficient (Wildman–Crippen LogP) is 2.56. The fraction of sp³-hybridized carbons (Fsp3) is 1.00. The minimum atomic E-state index is 0.669. The highest BCUT2D eigenvalue weighted by Gasteiger charge is 2.43. The van der Waals surface area contributed by atoms with E-state index >= 15 is 0 Å². The summed E-state index contributed by atoms with van der Waals surface area (Å²) in [6, 6.07) is 0.762. The second kappa shape index (κ2) is 4.19. The lowest BCUT2D eigenvalue weighted by molar-refractivity contribution is 0.0992. The predicted molar refractivity (Wildman–Crippen MR) is 60.0 cm³/mol. The van der Waals surface area contributed by atoms with E-state index in [1.165, 1.54) is 51.4 Å². The summed E-state index contributed by atoms with van der Waals surface area (Å²) in [6.07, 6.45) is 11.6. The van der Waals surface area contributed by atoms with Crippen LogP contribution in [-0.4, -0.2) is 25.1 Å². The van der Waals surface area contributed by atoms with Crippen LogP contribution in [-0.2, 0) is 0 Å². The first kappa shape index (κ1) is 10.4. The minimum absolute atomic E-state index is 0.669. The van der Waals surface area contributed by atoms with Crippen LogP contribution in [0.2, 0.25) is 0 Å². The zero-order valence-electron chi connectivity index (χ0n) is 9.68. The summed E-state index contributed by atoms with van der Waals surface area (Å²) < 4.78 is 0. The quantitative estimate of drug-likeness (QED) is 0.683. The van der Waals surface area contributed by atoms with Crippen LogP contribution in [0.1, 0.15) is 51.4 Å². The molecule has 0 aromatic carbocycles. The van der Waals surface area contributed by atoms with Gasteiger partial charge in [-0.25, -0.2) is 0 Å². The summed E-state index contributed by atoms with van der Waals surface area (Å²) in [5, 5.41) is 2.15. The van der Waals surface area contributed by atoms with Gasteiger partial charge in [0, 0.05) is 20.1 Å². The van der Waals surface area contributed by atoms with Gasteiger partial charge in [0.05, 0.1) is 0 Å². The Morgan fingerprint density at radius 2 is 1.64 bits per heavy atom. The Balaban J connectivity index is 2.00. The molecule has 0 aromatic rings. The molecule has 2 fully saturated rings. The number of hydrogen-bond acceptors (Lipinski definition) is 2. The van der Waals surface area contributed by atoms with Gasteiger partial charge in [-0.2, -0.15) is 0 Å². The molecule has 0 radical (unpaired) electrons. The summed E-state index contributed by atoms with van der Waals surface area (Å²) in [4.78, 5) is 0. The van der Waals surface area contributed by atoms with Crippen molar-refractivity contribution in [3.8, 4) is 0 Å². The lowest BCUT2D eigenvalue weighted by Crippen LogP contribution is -2.48. The highest BCUT2D eigenvalue weighted by atomic mass is 15.5. The molecule has 0 amide bonds. The Kier molecular flexibility index (Phi) is 3.13. The molecule has 0 heterocycles. The Labute approximate surface area is 88.0 Å². The molecule has 1 spiro atoms. The van der Waals surface area contributed by atoms with Crippen LogP contribution in [0.15, 0.2) is 0 Å². The number of hydrazine groups is 1. The highest BCUT2D eigenvalue weighted by Crippen LogP contribution is 2.48. The van der Waals surface area contributed by atoms with Crippen LogP contribution >= 0.6 is 0 Å². The van der Waals surface area contributed by atoms with Crippen LogP contribution in [0.3, 0.4) is 0 Å². The second-order valence-electron chi connectivity index (χ2n) is 5.39. The molecule has 1 N–H and O–H groups in total. The lowest BCUT2D eigenvalue weighted by atomic mass is 9.70. The van der Waals surface area contributed by atoms with Crippen molar-refractivity contribution in [1.29, 1.82) is 0 Å². The number of hydrogen-bond donors (Lipinski definition) is 1. The van der Waals surface area contributed by atoms with E-state index < -0.39 is 0 Å². The van der Waals surface area contributed by atoms with Gasteiger partial charge in [-0.05, 0) is 31.1 Å². The lowest BCUT2D eigenvalue weighted by Gasteiger charge is -2.40. The maximum Gasteiger partial charge on any atom is 0.0271 e. The van der Waals surface area contributed by atoms with Crippen molar-refractivity contribution in [3.05, 3.63) is 0 Å². The van der Waals surface area contributed by atoms with Gasteiger partial charge in [0.25, 0.3) is 0 Å². The molecule has 0 aliphatic heterocycles. The van der Waals surface area contributed by atoms with Crippen molar-refractivity contribution < 1.29 is 0 Å². The number of nitrogens with one attached hydrogen (secondary N) is 1. The van der Waals surface area contributed by atoms with Crippen LogP contribution < -0.4 is 5.43 Å². The molecule has 2 aliphatic carbocycles. The van der Waals surface area contributed by atoms with Gasteiger partial charge in [-0.15, -0.1) is 0 Å².